The van der Waals surface area contributed by atoms with Gasteiger partial charge < -0.3 is 23.8 Å². The number of likely N-dealkylation sites (tertiary alicyclic amines) is 1. The van der Waals surface area contributed by atoms with Crippen molar-refractivity contribution in [1.29, 1.82) is 0 Å². The van der Waals surface area contributed by atoms with E-state index in [1.807, 2.05) is 20.8 Å². The van der Waals surface area contributed by atoms with Crippen molar-refractivity contribution in [2.45, 2.75) is 66.3 Å². The monoisotopic (exact) mass is 357 g/mol. The molecule has 2 aliphatic rings. The van der Waals surface area contributed by atoms with Gasteiger partial charge >= 0.3 is 0 Å². The minimum absolute atomic E-state index is 0.181. The molecule has 2 saturated heterocycles. The van der Waals surface area contributed by atoms with Crippen molar-refractivity contribution >= 4 is 0 Å². The summed E-state index contributed by atoms with van der Waals surface area (Å²) in [7, 11) is 0. The van der Waals surface area contributed by atoms with Crippen LogP contribution in [0.15, 0.2) is 0 Å². The molecule has 0 aliphatic carbocycles. The molecule has 0 N–H and O–H groups in total. The van der Waals surface area contributed by atoms with Gasteiger partial charge in [-0.25, -0.2) is 0 Å². The van der Waals surface area contributed by atoms with Gasteiger partial charge in [-0.15, -0.1) is 0 Å². The van der Waals surface area contributed by atoms with Gasteiger partial charge in [0, 0.05) is 12.5 Å². The summed E-state index contributed by atoms with van der Waals surface area (Å²) in [5.41, 5.74) is 0.257. The van der Waals surface area contributed by atoms with Gasteiger partial charge in [0.15, 0.2) is 6.29 Å². The molecule has 2 aliphatic heterocycles. The van der Waals surface area contributed by atoms with Gasteiger partial charge in [0.1, 0.15) is 13.4 Å². The van der Waals surface area contributed by atoms with Crippen molar-refractivity contribution in [2.24, 2.45) is 17.3 Å². The molecule has 0 amide bonds. The Morgan fingerprint density at radius 2 is 1.56 bits per heavy atom. The molecule has 0 saturated carbocycles. The first-order chi connectivity index (χ1) is 11.6. The molecule has 0 aromatic carbocycles. The van der Waals surface area contributed by atoms with E-state index in [0.29, 0.717) is 17.9 Å². The Bertz CT molecular complexity index is 372. The van der Waals surface area contributed by atoms with E-state index < -0.39 is 0 Å². The highest BCUT2D eigenvalue weighted by Gasteiger charge is 2.30. The minimum atomic E-state index is -0.258. The maximum atomic E-state index is 5.81. The molecule has 0 aromatic rings. The molecular formula is C20H39NO4. The Hall–Kier alpha value is -0.200. The van der Waals surface area contributed by atoms with E-state index in [9.17, 15) is 0 Å². The van der Waals surface area contributed by atoms with Gasteiger partial charge in [-0.05, 0) is 58.0 Å². The van der Waals surface area contributed by atoms with Crippen LogP contribution < -0.4 is 0 Å². The maximum absolute atomic E-state index is 5.81. The number of ether oxygens (including phenoxy) is 4. The first-order valence-electron chi connectivity index (χ1n) is 9.81. The van der Waals surface area contributed by atoms with Gasteiger partial charge in [0.2, 0.25) is 0 Å². The number of hydrogen-bond acceptors (Lipinski definition) is 5. The third-order valence-electron chi connectivity index (χ3n) is 5.19. The second-order valence-electron chi connectivity index (χ2n) is 9.65. The molecule has 2 rings (SSSR count). The van der Waals surface area contributed by atoms with Crippen molar-refractivity contribution in [3.8, 4) is 0 Å². The molecule has 2 heterocycles. The molecule has 0 spiro atoms. The molecule has 0 unspecified atom stereocenters. The largest absolute Gasteiger partial charge is 0.350 e. The molecule has 0 atom stereocenters. The van der Waals surface area contributed by atoms with E-state index in [1.165, 1.54) is 25.9 Å². The number of hydrogen-bond donors (Lipinski definition) is 0. The van der Waals surface area contributed by atoms with Crippen molar-refractivity contribution in [3.05, 3.63) is 0 Å². The third kappa shape index (κ3) is 7.92. The van der Waals surface area contributed by atoms with Gasteiger partial charge in [-0.3, -0.25) is 0 Å². The average molecular weight is 358 g/mol. The SMILES string of the molecule is CC(C)(C)OCOCC1OCC(CN2CCC(C(C)(C)C)CC2)CO1. The normalized spacial score (nSPS) is 27.6. The summed E-state index contributed by atoms with van der Waals surface area (Å²) in [5, 5.41) is 0. The van der Waals surface area contributed by atoms with Crippen LogP contribution in [0.25, 0.3) is 0 Å². The smallest absolute Gasteiger partial charge is 0.180 e. The zero-order valence-electron chi connectivity index (χ0n) is 17.2. The third-order valence-corrected chi connectivity index (χ3v) is 5.19. The van der Waals surface area contributed by atoms with E-state index in [4.69, 9.17) is 18.9 Å². The van der Waals surface area contributed by atoms with Crippen molar-refractivity contribution in [3.63, 3.8) is 0 Å². The van der Waals surface area contributed by atoms with E-state index in [0.717, 1.165) is 25.7 Å². The number of piperidine rings is 1. The molecule has 0 radical (unpaired) electrons. The van der Waals surface area contributed by atoms with Crippen LogP contribution in [0, 0.1) is 17.3 Å². The maximum Gasteiger partial charge on any atom is 0.180 e. The Morgan fingerprint density at radius 1 is 0.960 bits per heavy atom. The topological polar surface area (TPSA) is 40.2 Å². The van der Waals surface area contributed by atoms with Gasteiger partial charge in [0.25, 0.3) is 0 Å². The Labute approximate surface area is 154 Å². The Kier molecular flexibility index (Phi) is 7.71. The fourth-order valence-corrected chi connectivity index (χ4v) is 3.49. The highest BCUT2D eigenvalue weighted by Crippen LogP contribution is 2.34. The Morgan fingerprint density at radius 3 is 2.08 bits per heavy atom. The average Bonchev–Trinajstić information content (AvgIpc) is 2.52. The van der Waals surface area contributed by atoms with Crippen LogP contribution >= 0.6 is 0 Å². The first-order valence-corrected chi connectivity index (χ1v) is 9.81. The quantitative estimate of drug-likeness (QED) is 0.537. The molecule has 2 fully saturated rings. The van der Waals surface area contributed by atoms with E-state index in [1.54, 1.807) is 0 Å². The van der Waals surface area contributed by atoms with Crippen LogP contribution in [0.3, 0.4) is 0 Å². The van der Waals surface area contributed by atoms with Gasteiger partial charge in [-0.1, -0.05) is 20.8 Å². The zero-order valence-corrected chi connectivity index (χ0v) is 17.2. The first kappa shape index (κ1) is 21.1. The second kappa shape index (κ2) is 9.14. The number of rotatable bonds is 6. The fraction of sp³-hybridized carbons (Fsp3) is 1.00. The molecule has 25 heavy (non-hydrogen) atoms. The van der Waals surface area contributed by atoms with Crippen molar-refractivity contribution < 1.29 is 18.9 Å². The molecule has 5 nitrogen and oxygen atoms in total. The fourth-order valence-electron chi connectivity index (χ4n) is 3.49. The summed E-state index contributed by atoms with van der Waals surface area (Å²) >= 11 is 0. The summed E-state index contributed by atoms with van der Waals surface area (Å²) in [6.07, 6.45) is 2.36. The lowest BCUT2D eigenvalue weighted by atomic mass is 9.75. The summed E-state index contributed by atoms with van der Waals surface area (Å²) in [6, 6.07) is 0. The van der Waals surface area contributed by atoms with Crippen LogP contribution in [0.4, 0.5) is 0 Å². The van der Waals surface area contributed by atoms with Crippen LogP contribution in [0.5, 0.6) is 0 Å². The second-order valence-corrected chi connectivity index (χ2v) is 9.65. The van der Waals surface area contributed by atoms with Crippen molar-refractivity contribution in [1.82, 2.24) is 4.90 Å². The highest BCUT2D eigenvalue weighted by molar-refractivity contribution is 4.81. The molecule has 0 aromatic heterocycles. The molecule has 148 valence electrons. The summed E-state index contributed by atoms with van der Waals surface area (Å²) in [5.74, 6) is 1.31. The van der Waals surface area contributed by atoms with Crippen LogP contribution in [-0.2, 0) is 18.9 Å². The molecule has 0 bridgehead atoms. The Balaban J connectivity index is 1.57. The van der Waals surface area contributed by atoms with E-state index in [2.05, 4.69) is 25.7 Å². The van der Waals surface area contributed by atoms with Crippen LogP contribution in [0.1, 0.15) is 54.4 Å². The standard InChI is InChI=1S/C20H39NO4/c1-19(2,3)17-7-9-21(10-8-17)11-16-12-23-18(24-13-16)14-22-15-25-20(4,5)6/h16-18H,7-15H2,1-6H3. The lowest BCUT2D eigenvalue weighted by Gasteiger charge is -2.40. The number of nitrogens with zero attached hydrogens (tertiary/aromatic N) is 1. The lowest BCUT2D eigenvalue weighted by molar-refractivity contribution is -0.238. The minimum Gasteiger partial charge on any atom is -0.350 e. The van der Waals surface area contributed by atoms with E-state index in [-0.39, 0.29) is 18.7 Å². The lowest BCUT2D eigenvalue weighted by Crippen LogP contribution is -2.44. The highest BCUT2D eigenvalue weighted by atomic mass is 16.7. The van der Waals surface area contributed by atoms with E-state index >= 15 is 0 Å². The summed E-state index contributed by atoms with van der Waals surface area (Å²) in [6.45, 7) is 18.8. The predicted molar refractivity (Wildman–Crippen MR) is 99.5 cm³/mol. The zero-order chi connectivity index (χ0) is 18.5. The van der Waals surface area contributed by atoms with Gasteiger partial charge in [0.05, 0.1) is 18.8 Å². The molecule has 5 heteroatoms. The summed E-state index contributed by atoms with van der Waals surface area (Å²) < 4.78 is 22.7. The predicted octanol–water partition coefficient (Wildman–Crippen LogP) is 3.52. The van der Waals surface area contributed by atoms with Crippen LogP contribution in [-0.4, -0.2) is 63.0 Å². The summed E-state index contributed by atoms with van der Waals surface area (Å²) in [4.78, 5) is 2.58. The van der Waals surface area contributed by atoms with Crippen molar-refractivity contribution in [2.75, 3.05) is 46.2 Å². The molecular weight excluding hydrogens is 318 g/mol. The van der Waals surface area contributed by atoms with Gasteiger partial charge in [-0.2, -0.15) is 0 Å². The van der Waals surface area contributed by atoms with Crippen LogP contribution in [0.2, 0.25) is 0 Å².